The van der Waals surface area contributed by atoms with Crippen molar-refractivity contribution in [2.45, 2.75) is 52.2 Å². The Morgan fingerprint density at radius 3 is 2.15 bits per heavy atom. The van der Waals surface area contributed by atoms with Gasteiger partial charge in [0, 0.05) is 6.54 Å². The average Bonchev–Trinajstić information content (AvgIpc) is 2.59. The van der Waals surface area contributed by atoms with Crippen molar-refractivity contribution in [2.75, 3.05) is 0 Å². The molecule has 0 aromatic heterocycles. The van der Waals surface area contributed by atoms with Crippen molar-refractivity contribution >= 4 is 12.1 Å². The third kappa shape index (κ3) is 5.58. The van der Waals surface area contributed by atoms with Crippen molar-refractivity contribution in [3.8, 4) is 11.1 Å². The SMILES string of the molecule is CC(C)(C)OC(=O)NCc1ccc(-c2cccc(C(C)(C)C(=O)O)c2)cc1. The Bertz CT molecular complexity index is 817. The van der Waals surface area contributed by atoms with Gasteiger partial charge in [-0.15, -0.1) is 0 Å². The number of hydrogen-bond acceptors (Lipinski definition) is 3. The number of amides is 1. The van der Waals surface area contributed by atoms with E-state index >= 15 is 0 Å². The number of carboxylic acids is 1. The molecule has 2 N–H and O–H groups in total. The second-order valence-electron chi connectivity index (χ2n) is 8.06. The smallest absolute Gasteiger partial charge is 0.407 e. The molecule has 0 aliphatic heterocycles. The van der Waals surface area contributed by atoms with Crippen molar-refractivity contribution in [3.05, 3.63) is 59.7 Å². The van der Waals surface area contributed by atoms with Crippen LogP contribution in [0.5, 0.6) is 0 Å². The fraction of sp³-hybridized carbons (Fsp3) is 0.364. The second kappa shape index (κ2) is 7.82. The number of alkyl carbamates (subject to hydrolysis) is 1. The zero-order valence-corrected chi connectivity index (χ0v) is 16.5. The summed E-state index contributed by atoms with van der Waals surface area (Å²) in [5, 5.41) is 12.2. The molecule has 0 aliphatic rings. The molecule has 0 spiro atoms. The molecule has 2 rings (SSSR count). The maximum absolute atomic E-state index is 11.7. The number of nitrogens with one attached hydrogen (secondary N) is 1. The van der Waals surface area contributed by atoms with Gasteiger partial charge >= 0.3 is 12.1 Å². The first-order chi connectivity index (χ1) is 12.5. The van der Waals surface area contributed by atoms with Crippen molar-refractivity contribution in [3.63, 3.8) is 0 Å². The molecule has 0 fully saturated rings. The summed E-state index contributed by atoms with van der Waals surface area (Å²) in [5.41, 5.74) is 2.16. The maximum atomic E-state index is 11.7. The Balaban J connectivity index is 2.10. The zero-order chi connectivity index (χ0) is 20.2. The van der Waals surface area contributed by atoms with E-state index in [1.54, 1.807) is 13.8 Å². The first-order valence-electron chi connectivity index (χ1n) is 8.89. The Morgan fingerprint density at radius 1 is 0.963 bits per heavy atom. The van der Waals surface area contributed by atoms with Gasteiger partial charge in [-0.05, 0) is 56.9 Å². The van der Waals surface area contributed by atoms with Gasteiger partial charge in [0.25, 0.3) is 0 Å². The first-order valence-corrected chi connectivity index (χ1v) is 8.89. The van der Waals surface area contributed by atoms with Gasteiger partial charge in [0.1, 0.15) is 5.60 Å². The fourth-order valence-corrected chi connectivity index (χ4v) is 2.51. The van der Waals surface area contributed by atoms with Crippen LogP contribution in [0.1, 0.15) is 45.7 Å². The lowest BCUT2D eigenvalue weighted by molar-refractivity contribution is -0.142. The second-order valence-corrected chi connectivity index (χ2v) is 8.06. The highest BCUT2D eigenvalue weighted by molar-refractivity contribution is 5.81. The maximum Gasteiger partial charge on any atom is 0.407 e. The highest BCUT2D eigenvalue weighted by Crippen LogP contribution is 2.28. The Morgan fingerprint density at radius 2 is 1.59 bits per heavy atom. The van der Waals surface area contributed by atoms with Crippen LogP contribution in [-0.4, -0.2) is 22.8 Å². The molecule has 1 amide bonds. The number of hydrogen-bond donors (Lipinski definition) is 2. The quantitative estimate of drug-likeness (QED) is 0.798. The minimum atomic E-state index is -0.951. The summed E-state index contributed by atoms with van der Waals surface area (Å²) in [7, 11) is 0. The van der Waals surface area contributed by atoms with Crippen LogP contribution in [0.4, 0.5) is 4.79 Å². The number of rotatable bonds is 5. The van der Waals surface area contributed by atoms with E-state index in [1.165, 1.54) is 0 Å². The van der Waals surface area contributed by atoms with E-state index in [4.69, 9.17) is 4.74 Å². The van der Waals surface area contributed by atoms with E-state index in [0.29, 0.717) is 6.54 Å². The van der Waals surface area contributed by atoms with Crippen molar-refractivity contribution in [1.29, 1.82) is 0 Å². The van der Waals surface area contributed by atoms with E-state index in [0.717, 1.165) is 22.3 Å². The molecular formula is C22H27NO4. The topological polar surface area (TPSA) is 75.6 Å². The molecule has 0 radical (unpaired) electrons. The van der Waals surface area contributed by atoms with Gasteiger partial charge in [-0.1, -0.05) is 48.5 Å². The number of carbonyl (C=O) groups is 2. The van der Waals surface area contributed by atoms with Crippen LogP contribution in [0.3, 0.4) is 0 Å². The normalized spacial score (nSPS) is 11.7. The molecule has 0 saturated heterocycles. The molecule has 0 saturated carbocycles. The third-order valence-corrected chi connectivity index (χ3v) is 4.24. The highest BCUT2D eigenvalue weighted by atomic mass is 16.6. The minimum Gasteiger partial charge on any atom is -0.481 e. The molecule has 0 aliphatic carbocycles. The largest absolute Gasteiger partial charge is 0.481 e. The molecule has 2 aromatic rings. The molecule has 0 atom stereocenters. The molecule has 5 heteroatoms. The van der Waals surface area contributed by atoms with Crippen LogP contribution in [-0.2, 0) is 21.5 Å². The van der Waals surface area contributed by atoms with E-state index in [-0.39, 0.29) is 0 Å². The molecule has 5 nitrogen and oxygen atoms in total. The molecule has 0 unspecified atom stereocenters. The highest BCUT2D eigenvalue weighted by Gasteiger charge is 2.29. The van der Waals surface area contributed by atoms with Gasteiger partial charge in [0.05, 0.1) is 5.41 Å². The number of aliphatic carboxylic acids is 1. The lowest BCUT2D eigenvalue weighted by atomic mass is 9.83. The van der Waals surface area contributed by atoms with Crippen molar-refractivity contribution in [1.82, 2.24) is 5.32 Å². The summed E-state index contributed by atoms with van der Waals surface area (Å²) < 4.78 is 5.22. The van der Waals surface area contributed by atoms with Gasteiger partial charge < -0.3 is 15.2 Å². The number of ether oxygens (including phenoxy) is 1. The van der Waals surface area contributed by atoms with Crippen LogP contribution in [0.25, 0.3) is 11.1 Å². The van der Waals surface area contributed by atoms with Crippen LogP contribution in [0, 0.1) is 0 Å². The summed E-state index contributed by atoms with van der Waals surface area (Å²) in [5.74, 6) is -0.858. The number of carbonyl (C=O) groups excluding carboxylic acids is 1. The Kier molecular flexibility index (Phi) is 5.94. The zero-order valence-electron chi connectivity index (χ0n) is 16.5. The number of benzene rings is 2. The lowest BCUT2D eigenvalue weighted by Crippen LogP contribution is -2.32. The van der Waals surface area contributed by atoms with Gasteiger partial charge in [0.2, 0.25) is 0 Å². The fourth-order valence-electron chi connectivity index (χ4n) is 2.51. The minimum absolute atomic E-state index is 0.376. The van der Waals surface area contributed by atoms with Crippen molar-refractivity contribution in [2.24, 2.45) is 0 Å². The molecule has 27 heavy (non-hydrogen) atoms. The van der Waals surface area contributed by atoms with Gasteiger partial charge in [0.15, 0.2) is 0 Å². The van der Waals surface area contributed by atoms with E-state index in [2.05, 4.69) is 5.32 Å². The summed E-state index contributed by atoms with van der Waals surface area (Å²) in [6, 6.07) is 15.3. The Labute approximate surface area is 160 Å². The lowest BCUT2D eigenvalue weighted by Gasteiger charge is -2.20. The van der Waals surface area contributed by atoms with Gasteiger partial charge in [-0.25, -0.2) is 4.79 Å². The predicted octanol–water partition coefficient (Wildman–Crippen LogP) is 4.74. The van der Waals surface area contributed by atoms with Crippen molar-refractivity contribution < 1.29 is 19.4 Å². The van der Waals surface area contributed by atoms with Gasteiger partial charge in [-0.3, -0.25) is 4.79 Å². The Hall–Kier alpha value is -2.82. The van der Waals surface area contributed by atoms with Gasteiger partial charge in [-0.2, -0.15) is 0 Å². The van der Waals surface area contributed by atoms with E-state index < -0.39 is 23.1 Å². The summed E-state index contributed by atoms with van der Waals surface area (Å²) in [4.78, 5) is 23.2. The van der Waals surface area contributed by atoms with Crippen LogP contribution < -0.4 is 5.32 Å². The summed E-state index contributed by atoms with van der Waals surface area (Å²) in [6.45, 7) is 9.23. The third-order valence-electron chi connectivity index (χ3n) is 4.24. The molecule has 0 bridgehead atoms. The number of carboxylic acid groups (broad SMARTS) is 1. The van der Waals surface area contributed by atoms with Crippen LogP contribution in [0.15, 0.2) is 48.5 Å². The average molecular weight is 369 g/mol. The predicted molar refractivity (Wildman–Crippen MR) is 106 cm³/mol. The van der Waals surface area contributed by atoms with Crippen LogP contribution >= 0.6 is 0 Å². The van der Waals surface area contributed by atoms with E-state index in [9.17, 15) is 14.7 Å². The van der Waals surface area contributed by atoms with E-state index in [1.807, 2.05) is 69.3 Å². The molecule has 0 heterocycles. The van der Waals surface area contributed by atoms with Crippen LogP contribution in [0.2, 0.25) is 0 Å². The molecular weight excluding hydrogens is 342 g/mol. The first kappa shape index (κ1) is 20.5. The standard InChI is InChI=1S/C22H27NO4/c1-21(2,3)27-20(26)23-14-15-9-11-16(12-10-15)17-7-6-8-18(13-17)22(4,5)19(24)25/h6-13H,14H2,1-5H3,(H,23,26)(H,24,25). The molecule has 144 valence electrons. The summed E-state index contributed by atoms with van der Waals surface area (Å²) >= 11 is 0. The molecule has 2 aromatic carbocycles. The monoisotopic (exact) mass is 369 g/mol. The summed E-state index contributed by atoms with van der Waals surface area (Å²) in [6.07, 6.45) is -0.449.